The number of urea groups is 1. The van der Waals surface area contributed by atoms with Gasteiger partial charge >= 0.3 is 6.03 Å². The molecule has 5 nitrogen and oxygen atoms in total. The van der Waals surface area contributed by atoms with Gasteiger partial charge in [-0.15, -0.1) is 0 Å². The highest BCUT2D eigenvalue weighted by Crippen LogP contribution is 2.10. The predicted octanol–water partition coefficient (Wildman–Crippen LogP) is 1.98. The van der Waals surface area contributed by atoms with Gasteiger partial charge < -0.3 is 10.6 Å². The number of hydrogen-bond donors (Lipinski definition) is 2. The summed E-state index contributed by atoms with van der Waals surface area (Å²) in [5.41, 5.74) is 2.04. The minimum atomic E-state index is -0.183. The lowest BCUT2D eigenvalue weighted by atomic mass is 10.1. The predicted molar refractivity (Wildman–Crippen MR) is 73.4 cm³/mol. The number of carbonyl (C=O) groups excluding carboxylic acids is 1. The van der Waals surface area contributed by atoms with Gasteiger partial charge in [0.05, 0.1) is 18.3 Å². The van der Waals surface area contributed by atoms with Crippen molar-refractivity contribution >= 4 is 6.03 Å². The molecule has 1 heterocycles. The van der Waals surface area contributed by atoms with Crippen LogP contribution in [0, 0.1) is 0 Å². The molecule has 0 fully saturated rings. The Kier molecular flexibility index (Phi) is 4.18. The van der Waals surface area contributed by atoms with Crippen LogP contribution in [0.2, 0.25) is 0 Å². The van der Waals surface area contributed by atoms with Crippen LogP contribution in [0.3, 0.4) is 0 Å². The fourth-order valence-electron chi connectivity index (χ4n) is 1.82. The molecule has 1 atom stereocenters. The molecule has 2 aromatic rings. The first-order chi connectivity index (χ1) is 9.16. The number of nitrogens with zero attached hydrogens (tertiary/aromatic N) is 2. The van der Waals surface area contributed by atoms with Crippen molar-refractivity contribution in [2.45, 2.75) is 19.5 Å². The molecule has 0 bridgehead atoms. The number of aromatic nitrogens is 2. The maximum absolute atomic E-state index is 11.8. The molecule has 0 aliphatic heterocycles. The van der Waals surface area contributed by atoms with Crippen molar-refractivity contribution in [3.05, 3.63) is 53.9 Å². The third-order valence-corrected chi connectivity index (χ3v) is 3.00. The average Bonchev–Trinajstić information content (AvgIpc) is 2.83. The largest absolute Gasteiger partial charge is 0.333 e. The Morgan fingerprint density at radius 2 is 2.05 bits per heavy atom. The van der Waals surface area contributed by atoms with Crippen LogP contribution in [-0.2, 0) is 13.6 Å². The Bertz CT molecular complexity index is 535. The Hall–Kier alpha value is -2.30. The minimum absolute atomic E-state index is 0.0206. The van der Waals surface area contributed by atoms with Gasteiger partial charge in [0.25, 0.3) is 0 Å². The highest BCUT2D eigenvalue weighted by Gasteiger charge is 2.09. The van der Waals surface area contributed by atoms with Crippen molar-refractivity contribution in [2.24, 2.45) is 7.05 Å². The first kappa shape index (κ1) is 13.1. The van der Waals surface area contributed by atoms with Crippen molar-refractivity contribution in [2.75, 3.05) is 0 Å². The summed E-state index contributed by atoms with van der Waals surface area (Å²) in [6, 6.07) is 11.5. The van der Waals surface area contributed by atoms with E-state index in [0.29, 0.717) is 6.54 Å². The zero-order valence-corrected chi connectivity index (χ0v) is 11.1. The lowest BCUT2D eigenvalue weighted by molar-refractivity contribution is 0.237. The van der Waals surface area contributed by atoms with E-state index in [1.807, 2.05) is 50.4 Å². The van der Waals surface area contributed by atoms with Crippen LogP contribution >= 0.6 is 0 Å². The van der Waals surface area contributed by atoms with Crippen molar-refractivity contribution in [3.8, 4) is 0 Å². The van der Waals surface area contributed by atoms with Gasteiger partial charge in [0.2, 0.25) is 0 Å². The Balaban J connectivity index is 1.83. The molecule has 0 unspecified atom stereocenters. The van der Waals surface area contributed by atoms with Crippen LogP contribution < -0.4 is 10.6 Å². The first-order valence-corrected chi connectivity index (χ1v) is 6.23. The van der Waals surface area contributed by atoms with Gasteiger partial charge in [-0.1, -0.05) is 30.3 Å². The van der Waals surface area contributed by atoms with Gasteiger partial charge in [-0.25, -0.2) is 4.79 Å². The van der Waals surface area contributed by atoms with Crippen molar-refractivity contribution in [1.29, 1.82) is 0 Å². The third-order valence-electron chi connectivity index (χ3n) is 3.00. The fourth-order valence-corrected chi connectivity index (χ4v) is 1.82. The molecule has 0 spiro atoms. The molecular weight excluding hydrogens is 240 g/mol. The summed E-state index contributed by atoms with van der Waals surface area (Å²) in [6.07, 6.45) is 1.71. The molecule has 1 aromatic carbocycles. The van der Waals surface area contributed by atoms with Crippen LogP contribution in [0.5, 0.6) is 0 Å². The van der Waals surface area contributed by atoms with Crippen molar-refractivity contribution in [1.82, 2.24) is 20.4 Å². The van der Waals surface area contributed by atoms with Crippen LogP contribution in [0.15, 0.2) is 42.6 Å². The number of nitrogens with one attached hydrogen (secondary N) is 2. The van der Waals surface area contributed by atoms with Crippen molar-refractivity contribution < 1.29 is 4.79 Å². The van der Waals surface area contributed by atoms with E-state index in [-0.39, 0.29) is 12.1 Å². The van der Waals surface area contributed by atoms with Gasteiger partial charge in [0.1, 0.15) is 0 Å². The molecule has 5 heteroatoms. The summed E-state index contributed by atoms with van der Waals surface area (Å²) in [5.74, 6) is 0. The van der Waals surface area contributed by atoms with E-state index in [2.05, 4.69) is 15.7 Å². The van der Waals surface area contributed by atoms with Gasteiger partial charge in [-0.2, -0.15) is 5.10 Å². The number of aryl methyl sites for hydroxylation is 1. The summed E-state index contributed by atoms with van der Waals surface area (Å²) in [4.78, 5) is 11.8. The molecule has 100 valence electrons. The standard InChI is InChI=1S/C14H18N4O/c1-11(12-6-4-3-5-7-12)17-14(19)15-10-13-8-9-16-18(13)2/h3-9,11H,10H2,1-2H3,(H2,15,17,19)/t11-/m0/s1. The smallest absolute Gasteiger partial charge is 0.315 e. The number of rotatable bonds is 4. The molecule has 19 heavy (non-hydrogen) atoms. The average molecular weight is 258 g/mol. The van der Waals surface area contributed by atoms with Crippen LogP contribution in [0.25, 0.3) is 0 Å². The number of benzene rings is 1. The molecule has 0 saturated heterocycles. The number of hydrogen-bond acceptors (Lipinski definition) is 2. The van der Waals surface area contributed by atoms with Crippen LogP contribution in [-0.4, -0.2) is 15.8 Å². The Labute approximate surface area is 112 Å². The summed E-state index contributed by atoms with van der Waals surface area (Å²) in [7, 11) is 1.85. The van der Waals surface area contributed by atoms with Gasteiger partial charge in [0.15, 0.2) is 0 Å². The van der Waals surface area contributed by atoms with Crippen molar-refractivity contribution in [3.63, 3.8) is 0 Å². The van der Waals surface area contributed by atoms with Gasteiger partial charge in [0, 0.05) is 13.2 Å². The van der Waals surface area contributed by atoms with E-state index in [4.69, 9.17) is 0 Å². The summed E-state index contributed by atoms with van der Waals surface area (Å²) >= 11 is 0. The molecule has 1 aromatic heterocycles. The Morgan fingerprint density at radius 3 is 2.68 bits per heavy atom. The van der Waals surface area contributed by atoms with E-state index >= 15 is 0 Å². The second-order valence-electron chi connectivity index (χ2n) is 4.41. The zero-order chi connectivity index (χ0) is 13.7. The highest BCUT2D eigenvalue weighted by atomic mass is 16.2. The van der Waals surface area contributed by atoms with E-state index < -0.39 is 0 Å². The van der Waals surface area contributed by atoms with Crippen LogP contribution in [0.4, 0.5) is 4.79 Å². The molecule has 2 amide bonds. The summed E-state index contributed by atoms with van der Waals surface area (Å²) in [6.45, 7) is 2.42. The molecular formula is C14H18N4O. The molecule has 2 rings (SSSR count). The van der Waals surface area contributed by atoms with E-state index in [0.717, 1.165) is 11.3 Å². The number of carbonyl (C=O) groups is 1. The second-order valence-corrected chi connectivity index (χ2v) is 4.41. The molecule has 2 N–H and O–H groups in total. The molecule has 0 aliphatic rings. The lowest BCUT2D eigenvalue weighted by Gasteiger charge is -2.15. The van der Waals surface area contributed by atoms with Crippen LogP contribution in [0.1, 0.15) is 24.2 Å². The molecule has 0 saturated carbocycles. The monoisotopic (exact) mass is 258 g/mol. The Morgan fingerprint density at radius 1 is 1.32 bits per heavy atom. The van der Waals surface area contributed by atoms with Gasteiger partial charge in [-0.3, -0.25) is 4.68 Å². The third kappa shape index (κ3) is 3.58. The normalized spacial score (nSPS) is 11.9. The fraction of sp³-hybridized carbons (Fsp3) is 0.286. The molecule has 0 aliphatic carbocycles. The summed E-state index contributed by atoms with van der Waals surface area (Å²) < 4.78 is 1.74. The topological polar surface area (TPSA) is 59.0 Å². The molecule has 0 radical (unpaired) electrons. The maximum atomic E-state index is 11.8. The van der Waals surface area contributed by atoms with E-state index in [1.54, 1.807) is 10.9 Å². The van der Waals surface area contributed by atoms with E-state index in [1.165, 1.54) is 0 Å². The quantitative estimate of drug-likeness (QED) is 0.881. The van der Waals surface area contributed by atoms with Gasteiger partial charge in [-0.05, 0) is 18.6 Å². The zero-order valence-electron chi connectivity index (χ0n) is 11.1. The minimum Gasteiger partial charge on any atom is -0.333 e. The SMILES string of the molecule is C[C@H](NC(=O)NCc1ccnn1C)c1ccccc1. The highest BCUT2D eigenvalue weighted by molar-refractivity contribution is 5.74. The maximum Gasteiger partial charge on any atom is 0.315 e. The van der Waals surface area contributed by atoms with E-state index in [9.17, 15) is 4.79 Å². The number of amides is 2. The summed E-state index contributed by atoms with van der Waals surface area (Å²) in [5, 5.41) is 9.76. The first-order valence-electron chi connectivity index (χ1n) is 6.23. The second kappa shape index (κ2) is 6.04. The lowest BCUT2D eigenvalue weighted by Crippen LogP contribution is -2.37.